The third kappa shape index (κ3) is 7.60. The van der Waals surface area contributed by atoms with Crippen LogP contribution in [0.1, 0.15) is 58.1 Å². The zero-order valence-corrected chi connectivity index (χ0v) is 20.2. The molecule has 1 heterocycles. The molecule has 0 saturated heterocycles. The Labute approximate surface area is 182 Å². The number of hydrogen-bond acceptors (Lipinski definition) is 3. The van der Waals surface area contributed by atoms with E-state index < -0.39 is 0 Å². The lowest BCUT2D eigenvalue weighted by molar-refractivity contribution is 0.249. The van der Waals surface area contributed by atoms with Gasteiger partial charge < -0.3 is 15.5 Å². The van der Waals surface area contributed by atoms with Gasteiger partial charge >= 0.3 is 0 Å². The molecule has 0 spiro atoms. The van der Waals surface area contributed by atoms with Crippen molar-refractivity contribution in [2.24, 2.45) is 23.9 Å². The van der Waals surface area contributed by atoms with Gasteiger partial charge in [-0.3, -0.25) is 9.67 Å². The number of guanidine groups is 1. The van der Waals surface area contributed by atoms with Crippen LogP contribution in [0.2, 0.25) is 0 Å². The first-order valence-corrected chi connectivity index (χ1v) is 10.1. The van der Waals surface area contributed by atoms with Gasteiger partial charge in [0.15, 0.2) is 5.96 Å². The standard InChI is InChI=1S/C20H38N6.HI/c1-7-21-20(24-18-10-8-16(9-11-18)15(2)3)22-13-19(25(4)5)17-12-23-26(6)14-17;/h12,14-16,18-19H,7-11,13H2,1-6H3,(H2,21,22,24);1H. The molecular formula is C20H39IN6. The molecule has 1 unspecified atom stereocenters. The second-order valence-electron chi connectivity index (χ2n) is 8.15. The van der Waals surface area contributed by atoms with E-state index in [2.05, 4.69) is 61.7 Å². The maximum absolute atomic E-state index is 4.88. The topological polar surface area (TPSA) is 57.5 Å². The Hall–Kier alpha value is -0.830. The molecule has 6 nitrogen and oxygen atoms in total. The van der Waals surface area contributed by atoms with Crippen molar-refractivity contribution in [2.45, 2.75) is 58.5 Å². The molecule has 1 aromatic rings. The summed E-state index contributed by atoms with van der Waals surface area (Å²) >= 11 is 0. The fraction of sp³-hybridized carbons (Fsp3) is 0.800. The molecule has 1 aromatic heterocycles. The van der Waals surface area contributed by atoms with Crippen LogP contribution in [0.25, 0.3) is 0 Å². The lowest BCUT2D eigenvalue weighted by Crippen LogP contribution is -2.45. The normalized spacial score (nSPS) is 21.9. The van der Waals surface area contributed by atoms with E-state index in [0.717, 1.165) is 30.9 Å². The number of nitrogens with one attached hydrogen (secondary N) is 2. The fourth-order valence-corrected chi connectivity index (χ4v) is 3.80. The van der Waals surface area contributed by atoms with Crippen molar-refractivity contribution in [2.75, 3.05) is 27.2 Å². The molecule has 2 N–H and O–H groups in total. The first-order valence-electron chi connectivity index (χ1n) is 10.1. The molecule has 0 bridgehead atoms. The predicted octanol–water partition coefficient (Wildman–Crippen LogP) is 3.41. The van der Waals surface area contributed by atoms with Crippen molar-refractivity contribution >= 4 is 29.9 Å². The zero-order chi connectivity index (χ0) is 19.1. The highest BCUT2D eigenvalue weighted by Crippen LogP contribution is 2.29. The summed E-state index contributed by atoms with van der Waals surface area (Å²) in [4.78, 5) is 7.09. The number of aromatic nitrogens is 2. The Kier molecular flexibility index (Phi) is 10.7. The SMILES string of the molecule is CCNC(=NCC(c1cnn(C)c1)N(C)C)NC1CCC(C(C)C)CC1.I. The highest BCUT2D eigenvalue weighted by molar-refractivity contribution is 14.0. The molecule has 0 aromatic carbocycles. The minimum Gasteiger partial charge on any atom is -0.357 e. The van der Waals surface area contributed by atoms with Gasteiger partial charge in [-0.25, -0.2) is 0 Å². The molecule has 7 heteroatoms. The molecule has 1 saturated carbocycles. The van der Waals surface area contributed by atoms with Gasteiger partial charge in [0.25, 0.3) is 0 Å². The van der Waals surface area contributed by atoms with Crippen molar-refractivity contribution in [3.63, 3.8) is 0 Å². The second-order valence-corrected chi connectivity index (χ2v) is 8.15. The van der Waals surface area contributed by atoms with Gasteiger partial charge in [-0.15, -0.1) is 24.0 Å². The summed E-state index contributed by atoms with van der Waals surface area (Å²) in [6.45, 7) is 8.42. The molecule has 1 atom stereocenters. The van der Waals surface area contributed by atoms with Gasteiger partial charge in [0.1, 0.15) is 0 Å². The van der Waals surface area contributed by atoms with E-state index in [1.165, 1.54) is 31.2 Å². The summed E-state index contributed by atoms with van der Waals surface area (Å²) in [5, 5.41) is 11.4. The Morgan fingerprint density at radius 1 is 1.30 bits per heavy atom. The largest absolute Gasteiger partial charge is 0.357 e. The number of likely N-dealkylation sites (N-methyl/N-ethyl adjacent to an activating group) is 1. The summed E-state index contributed by atoms with van der Waals surface area (Å²) in [6.07, 6.45) is 9.15. The smallest absolute Gasteiger partial charge is 0.191 e. The van der Waals surface area contributed by atoms with Crippen LogP contribution >= 0.6 is 24.0 Å². The Morgan fingerprint density at radius 2 is 1.96 bits per heavy atom. The average Bonchev–Trinajstić information content (AvgIpc) is 3.01. The van der Waals surface area contributed by atoms with Crippen LogP contribution < -0.4 is 10.6 Å². The lowest BCUT2D eigenvalue weighted by Gasteiger charge is -2.32. The molecule has 1 aliphatic rings. The van der Waals surface area contributed by atoms with E-state index in [0.29, 0.717) is 6.04 Å². The predicted molar refractivity (Wildman–Crippen MR) is 125 cm³/mol. The number of hydrogen-bond donors (Lipinski definition) is 2. The molecular weight excluding hydrogens is 451 g/mol. The van der Waals surface area contributed by atoms with Crippen LogP contribution in [-0.2, 0) is 7.05 Å². The molecule has 1 aliphatic carbocycles. The lowest BCUT2D eigenvalue weighted by atomic mass is 9.80. The summed E-state index contributed by atoms with van der Waals surface area (Å²) < 4.78 is 1.85. The molecule has 156 valence electrons. The molecule has 1 fully saturated rings. The summed E-state index contributed by atoms with van der Waals surface area (Å²) in [7, 11) is 6.15. The minimum atomic E-state index is 0. The maximum atomic E-state index is 4.88. The van der Waals surface area contributed by atoms with Gasteiger partial charge in [-0.05, 0) is 58.5 Å². The van der Waals surface area contributed by atoms with Gasteiger partial charge in [-0.2, -0.15) is 5.10 Å². The number of aryl methyl sites for hydroxylation is 1. The summed E-state index contributed by atoms with van der Waals surface area (Å²) in [5.74, 6) is 2.63. The van der Waals surface area contributed by atoms with Gasteiger partial charge in [0.2, 0.25) is 0 Å². The van der Waals surface area contributed by atoms with Crippen LogP contribution in [0, 0.1) is 11.8 Å². The van der Waals surface area contributed by atoms with E-state index >= 15 is 0 Å². The Bertz CT molecular complexity index is 561. The van der Waals surface area contributed by atoms with Crippen LogP contribution in [0.5, 0.6) is 0 Å². The summed E-state index contributed by atoms with van der Waals surface area (Å²) in [6, 6.07) is 0.773. The second kappa shape index (κ2) is 11.9. The Morgan fingerprint density at radius 3 is 2.44 bits per heavy atom. The first-order chi connectivity index (χ1) is 12.4. The fourth-order valence-electron chi connectivity index (χ4n) is 3.80. The van der Waals surface area contributed by atoms with Crippen molar-refractivity contribution < 1.29 is 0 Å². The Balaban J connectivity index is 0.00000364. The van der Waals surface area contributed by atoms with E-state index in [-0.39, 0.29) is 30.0 Å². The summed E-state index contributed by atoms with van der Waals surface area (Å²) in [5.41, 5.74) is 1.20. The highest BCUT2D eigenvalue weighted by atomic mass is 127. The molecule has 0 radical (unpaired) electrons. The number of nitrogens with zero attached hydrogens (tertiary/aromatic N) is 4. The third-order valence-corrected chi connectivity index (χ3v) is 5.56. The molecule has 0 aliphatic heterocycles. The van der Waals surface area contributed by atoms with E-state index in [4.69, 9.17) is 4.99 Å². The van der Waals surface area contributed by atoms with Crippen molar-refractivity contribution in [1.29, 1.82) is 0 Å². The molecule has 2 rings (SSSR count). The van der Waals surface area contributed by atoms with Crippen molar-refractivity contribution in [1.82, 2.24) is 25.3 Å². The first kappa shape index (κ1) is 24.2. The third-order valence-electron chi connectivity index (χ3n) is 5.56. The molecule has 0 amide bonds. The van der Waals surface area contributed by atoms with E-state index in [9.17, 15) is 0 Å². The highest BCUT2D eigenvalue weighted by Gasteiger charge is 2.24. The monoisotopic (exact) mass is 490 g/mol. The average molecular weight is 490 g/mol. The van der Waals surface area contributed by atoms with E-state index in [1.54, 1.807) is 0 Å². The van der Waals surface area contributed by atoms with Crippen LogP contribution in [-0.4, -0.2) is 53.9 Å². The van der Waals surface area contributed by atoms with Crippen molar-refractivity contribution in [3.8, 4) is 0 Å². The number of halogens is 1. The van der Waals surface area contributed by atoms with Crippen molar-refractivity contribution in [3.05, 3.63) is 18.0 Å². The van der Waals surface area contributed by atoms with Crippen LogP contribution in [0.3, 0.4) is 0 Å². The maximum Gasteiger partial charge on any atom is 0.191 e. The van der Waals surface area contributed by atoms with E-state index in [1.807, 2.05) is 17.9 Å². The van der Waals surface area contributed by atoms with Gasteiger partial charge in [0.05, 0.1) is 18.8 Å². The number of aliphatic imine (C=N–C) groups is 1. The zero-order valence-electron chi connectivity index (χ0n) is 17.9. The van der Waals surface area contributed by atoms with Gasteiger partial charge in [-0.1, -0.05) is 13.8 Å². The molecule has 27 heavy (non-hydrogen) atoms. The van der Waals surface area contributed by atoms with Crippen LogP contribution in [0.4, 0.5) is 0 Å². The van der Waals surface area contributed by atoms with Gasteiger partial charge in [0, 0.05) is 31.4 Å². The van der Waals surface area contributed by atoms with Crippen LogP contribution in [0.15, 0.2) is 17.4 Å². The number of rotatable bonds is 7. The quantitative estimate of drug-likeness (QED) is 0.350. The minimum absolute atomic E-state index is 0.